The average Bonchev–Trinajstić information content (AvgIpc) is 0.717. The Balaban J connectivity index is 0.649. The van der Waals surface area contributed by atoms with Gasteiger partial charge in [-0.15, -0.1) is 0 Å². The molecule has 4 unspecified atom stereocenters. The molecule has 0 aromatic heterocycles. The molecule has 16 aromatic rings. The van der Waals surface area contributed by atoms with Crippen molar-refractivity contribution in [1.82, 2.24) is 0 Å². The van der Waals surface area contributed by atoms with Crippen LogP contribution in [0.15, 0.2) is 309 Å². The molecular formula is C130H126B2N6. The molecule has 0 amide bonds. The predicted molar refractivity (Wildman–Crippen MR) is 590 cm³/mol. The number of anilines is 16. The maximum absolute atomic E-state index is 2.87. The fourth-order valence-electron chi connectivity index (χ4n) is 28.6. The Bertz CT molecular complexity index is 7730. The highest BCUT2D eigenvalue weighted by molar-refractivity contribution is 7.02. The minimum atomic E-state index is -0.413. The lowest BCUT2D eigenvalue weighted by atomic mass is 9.28. The number of hydrogen-bond acceptors (Lipinski definition) is 6. The molecule has 8 heteroatoms. The molecule has 0 bridgehead atoms. The molecule has 16 aromatic carbocycles. The predicted octanol–water partition coefficient (Wildman–Crippen LogP) is 30.7. The fraction of sp³-hybridized carbons (Fsp3) is 0.292. The van der Waals surface area contributed by atoms with E-state index in [2.05, 4.69) is 470 Å². The summed E-state index contributed by atoms with van der Waals surface area (Å²) in [5, 5.41) is 4.96. The smallest absolute Gasteiger partial charge is 0.252 e. The first-order chi connectivity index (χ1) is 66.0. The monoisotopic (exact) mass is 1790 g/mol. The van der Waals surface area contributed by atoms with Gasteiger partial charge in [-0.2, -0.15) is 0 Å². The molecule has 4 atom stereocenters. The van der Waals surface area contributed by atoms with E-state index in [9.17, 15) is 0 Å². The summed E-state index contributed by atoms with van der Waals surface area (Å²) >= 11 is 0. The SMILES string of the molecule is CC(C)(C)c1ccc(N2c3cc(N4c5ccc(-c6ccccc6)cc5C5(C)CCCCC45C)cc4c3B3c5c(cccc5C(C)(C)c5cc(C(C)(C)Cc6ccccc6-c6ccc7c(c6)C6(C)CCCCC6(C)N7c6cc7c8c(c6)N(c6ccc9ccccc9c6)c6cccc9c6B8c6c(cccc6C9(C)C)N7c6ccc7ccccc7c6)cc2c53)N4c2cc(C(C)(C)C)cc(C(C)(C)C)c2)cc1. The van der Waals surface area contributed by atoms with Crippen molar-refractivity contribution in [3.63, 3.8) is 0 Å². The minimum Gasteiger partial charge on any atom is -0.334 e. The van der Waals surface area contributed by atoms with Crippen LogP contribution in [-0.2, 0) is 49.7 Å². The topological polar surface area (TPSA) is 19.4 Å². The molecule has 682 valence electrons. The van der Waals surface area contributed by atoms with Crippen LogP contribution in [0.5, 0.6) is 0 Å². The van der Waals surface area contributed by atoms with Crippen molar-refractivity contribution in [2.24, 2.45) is 0 Å². The number of benzene rings is 16. The zero-order chi connectivity index (χ0) is 94.7. The summed E-state index contributed by atoms with van der Waals surface area (Å²) < 4.78 is 0. The molecule has 0 N–H and O–H groups in total. The van der Waals surface area contributed by atoms with Gasteiger partial charge in [0.25, 0.3) is 13.4 Å². The van der Waals surface area contributed by atoms with Gasteiger partial charge in [0.05, 0.1) is 11.1 Å². The lowest BCUT2D eigenvalue weighted by molar-refractivity contribution is 0.195. The zero-order valence-electron chi connectivity index (χ0n) is 84.1. The van der Waals surface area contributed by atoms with E-state index in [-0.39, 0.29) is 62.4 Å². The number of hydrogen-bond donors (Lipinski definition) is 0. The van der Waals surface area contributed by atoms with Gasteiger partial charge in [-0.25, -0.2) is 0 Å². The van der Waals surface area contributed by atoms with Crippen LogP contribution in [0.2, 0.25) is 0 Å². The first-order valence-corrected chi connectivity index (χ1v) is 51.5. The van der Waals surface area contributed by atoms with E-state index < -0.39 is 5.41 Å². The van der Waals surface area contributed by atoms with Gasteiger partial charge in [0, 0.05) is 113 Å². The molecule has 0 saturated heterocycles. The van der Waals surface area contributed by atoms with Crippen molar-refractivity contribution in [2.45, 2.75) is 244 Å². The fourth-order valence-corrected chi connectivity index (χ4v) is 28.6. The maximum Gasteiger partial charge on any atom is 0.252 e. The van der Waals surface area contributed by atoms with Crippen molar-refractivity contribution in [2.75, 3.05) is 29.4 Å². The largest absolute Gasteiger partial charge is 0.334 e. The minimum absolute atomic E-state index is 0.0160. The number of nitrogens with zero attached hydrogens (tertiary/aromatic N) is 6. The van der Waals surface area contributed by atoms with Crippen molar-refractivity contribution < 1.29 is 0 Å². The van der Waals surface area contributed by atoms with Crippen LogP contribution in [0.1, 0.15) is 244 Å². The van der Waals surface area contributed by atoms with Crippen LogP contribution < -0.4 is 62.2 Å². The molecule has 2 fully saturated rings. The van der Waals surface area contributed by atoms with Crippen LogP contribution in [0.25, 0.3) is 43.8 Å². The third kappa shape index (κ3) is 11.8. The van der Waals surface area contributed by atoms with Gasteiger partial charge >= 0.3 is 0 Å². The molecular weight excluding hydrogens is 1670 g/mol. The van der Waals surface area contributed by atoms with Crippen molar-refractivity contribution in [3.8, 4) is 22.3 Å². The molecule has 138 heavy (non-hydrogen) atoms. The average molecular weight is 1790 g/mol. The summed E-state index contributed by atoms with van der Waals surface area (Å²) in [4.78, 5) is 16.6. The van der Waals surface area contributed by atoms with Gasteiger partial charge in [-0.05, 0) is 327 Å². The standard InChI is InChI=1S/C130H126B2N6/c1-121(2,3)88-54-58-92(59-55-88)133-110-74-91(73-104-118(110)132-117-101(126(104,14)15)46-35-49-109(117)136(95-71-89(122(4,5)6)70-90(72-95)123(7,8)9)114-78-96(75-111(133)119(114)132)137-105-60-52-85(80-36-21-20-22-37-80)68-102(105)127(16)62-29-31-64-129(127,137)18)124(10,11)79-87-42-27-28-43-98(87)86-53-61-106-103(69-86)128(17)63-30-32-65-130(128,19)138(106)97-76-112-120-113(77-97)135(94-57-51-82-39-24-26-41-84(82)67-94)108-48-34-45-100-116(108)131(120)115-99(125(100,12)13)44-33-47-107(115)134(112)93-56-50-81-38-23-25-40-83(81)66-93/h20-28,33-61,66-78H,29-32,62-65,79H2,1-19H3. The van der Waals surface area contributed by atoms with Crippen LogP contribution in [0.4, 0.5) is 91.0 Å². The Morgan fingerprint density at radius 1 is 0.246 bits per heavy atom. The van der Waals surface area contributed by atoms with Gasteiger partial charge in [0.15, 0.2) is 0 Å². The van der Waals surface area contributed by atoms with Gasteiger partial charge in [0.2, 0.25) is 0 Å². The molecule has 8 heterocycles. The van der Waals surface area contributed by atoms with Crippen molar-refractivity contribution in [1.29, 1.82) is 0 Å². The Hall–Kier alpha value is -13.0. The summed E-state index contributed by atoms with van der Waals surface area (Å²) in [6.45, 7) is 47.2. The van der Waals surface area contributed by atoms with E-state index in [4.69, 9.17) is 0 Å². The van der Waals surface area contributed by atoms with E-state index >= 15 is 0 Å². The van der Waals surface area contributed by atoms with Crippen LogP contribution in [-0.4, -0.2) is 24.5 Å². The van der Waals surface area contributed by atoms with Gasteiger partial charge in [-0.3, -0.25) is 0 Å². The Kier molecular flexibility index (Phi) is 18.0. The third-order valence-electron chi connectivity index (χ3n) is 36.5. The number of rotatable bonds is 11. The molecule has 6 nitrogen and oxygen atoms in total. The quantitative estimate of drug-likeness (QED) is 0.119. The first kappa shape index (κ1) is 85.4. The molecule has 0 radical (unpaired) electrons. The second-order valence-electron chi connectivity index (χ2n) is 48.4. The van der Waals surface area contributed by atoms with E-state index in [1.807, 2.05) is 0 Å². The zero-order valence-corrected chi connectivity index (χ0v) is 84.1. The molecule has 8 aliphatic heterocycles. The van der Waals surface area contributed by atoms with Gasteiger partial charge in [0.1, 0.15) is 0 Å². The lowest BCUT2D eigenvalue weighted by Crippen LogP contribution is -2.67. The van der Waals surface area contributed by atoms with E-state index in [0.717, 1.165) is 38.5 Å². The van der Waals surface area contributed by atoms with Crippen molar-refractivity contribution >= 4 is 159 Å². The Morgan fingerprint density at radius 3 is 1.13 bits per heavy atom. The second kappa shape index (κ2) is 29.1. The second-order valence-corrected chi connectivity index (χ2v) is 48.4. The highest BCUT2D eigenvalue weighted by Gasteiger charge is 2.62. The van der Waals surface area contributed by atoms with Gasteiger partial charge < -0.3 is 29.4 Å². The van der Waals surface area contributed by atoms with E-state index in [1.165, 1.54) is 248 Å². The summed E-state index contributed by atoms with van der Waals surface area (Å²) in [5.74, 6) is 0. The van der Waals surface area contributed by atoms with Crippen LogP contribution >= 0.6 is 0 Å². The molecule has 2 aliphatic carbocycles. The third-order valence-corrected chi connectivity index (χ3v) is 36.5. The van der Waals surface area contributed by atoms with Crippen molar-refractivity contribution in [3.05, 3.63) is 371 Å². The van der Waals surface area contributed by atoms with E-state index in [0.29, 0.717) is 0 Å². The molecule has 10 aliphatic rings. The van der Waals surface area contributed by atoms with Crippen LogP contribution in [0, 0.1) is 0 Å². The normalized spacial score (nSPS) is 20.6. The number of fused-ring (bicyclic) bond motifs is 8. The van der Waals surface area contributed by atoms with Crippen LogP contribution in [0.3, 0.4) is 0 Å². The summed E-state index contributed by atoms with van der Waals surface area (Å²) in [7, 11) is 0. The Morgan fingerprint density at radius 2 is 0.645 bits per heavy atom. The maximum atomic E-state index is 2.87. The first-order valence-electron chi connectivity index (χ1n) is 51.5. The molecule has 26 rings (SSSR count). The van der Waals surface area contributed by atoms with E-state index in [1.54, 1.807) is 0 Å². The highest BCUT2D eigenvalue weighted by Crippen LogP contribution is 2.66. The summed E-state index contributed by atoms with van der Waals surface area (Å²) in [6, 6.07) is 124. The highest BCUT2D eigenvalue weighted by atomic mass is 15.3. The summed E-state index contributed by atoms with van der Waals surface area (Å²) in [6.07, 6.45) is 9.91. The summed E-state index contributed by atoms with van der Waals surface area (Å²) in [5.41, 5.74) is 46.7. The lowest BCUT2D eigenvalue weighted by Gasteiger charge is -2.52. The Labute approximate surface area is 819 Å². The molecule has 0 spiro atoms. The molecule has 2 saturated carbocycles. The van der Waals surface area contributed by atoms with Gasteiger partial charge in [-0.1, -0.05) is 331 Å².